The lowest BCUT2D eigenvalue weighted by Crippen LogP contribution is -2.34. The van der Waals surface area contributed by atoms with Gasteiger partial charge in [0.2, 0.25) is 0 Å². The lowest BCUT2D eigenvalue weighted by Gasteiger charge is -2.11. The smallest absolute Gasteiger partial charge is 0.409 e. The van der Waals surface area contributed by atoms with E-state index >= 15 is 0 Å². The summed E-state index contributed by atoms with van der Waals surface area (Å²) in [6, 6.07) is 9.59. The molecule has 0 saturated carbocycles. The summed E-state index contributed by atoms with van der Waals surface area (Å²) in [5.41, 5.74) is 0.977. The Balaban J connectivity index is 1.71. The lowest BCUT2D eigenvalue weighted by molar-refractivity contribution is 0.0679. The standard InChI is InChI=1S/C12H15NO3/c14-12(13-11-7-4-8-15-11)16-9-10-5-2-1-3-6-10/h1-3,5-6,11H,4,7-9H2,(H,13,14). The van der Waals surface area contributed by atoms with E-state index in [1.54, 1.807) is 0 Å². The van der Waals surface area contributed by atoms with Crippen molar-refractivity contribution in [2.75, 3.05) is 6.61 Å². The van der Waals surface area contributed by atoms with E-state index in [1.807, 2.05) is 30.3 Å². The summed E-state index contributed by atoms with van der Waals surface area (Å²) in [5.74, 6) is 0. The fourth-order valence-corrected chi connectivity index (χ4v) is 1.59. The molecule has 1 aliphatic rings. The van der Waals surface area contributed by atoms with Crippen LogP contribution in [0.3, 0.4) is 0 Å². The van der Waals surface area contributed by atoms with Crippen LogP contribution in [0.2, 0.25) is 0 Å². The minimum Gasteiger partial charge on any atom is -0.445 e. The molecule has 1 atom stereocenters. The van der Waals surface area contributed by atoms with Crippen molar-refractivity contribution in [2.45, 2.75) is 25.7 Å². The van der Waals surface area contributed by atoms with Crippen LogP contribution in [-0.4, -0.2) is 18.9 Å². The number of alkyl carbamates (subject to hydrolysis) is 1. The van der Waals surface area contributed by atoms with Crippen LogP contribution in [0, 0.1) is 0 Å². The molecule has 16 heavy (non-hydrogen) atoms. The number of rotatable bonds is 3. The highest BCUT2D eigenvalue weighted by molar-refractivity contribution is 5.67. The molecule has 0 radical (unpaired) electrons. The first-order chi connectivity index (χ1) is 7.84. The second-order valence-electron chi connectivity index (χ2n) is 3.71. The molecule has 1 heterocycles. The van der Waals surface area contributed by atoms with Gasteiger partial charge in [0.05, 0.1) is 0 Å². The zero-order valence-corrected chi connectivity index (χ0v) is 9.02. The molecule has 0 bridgehead atoms. The van der Waals surface area contributed by atoms with Crippen LogP contribution in [0.4, 0.5) is 4.79 Å². The van der Waals surface area contributed by atoms with E-state index in [2.05, 4.69) is 5.32 Å². The lowest BCUT2D eigenvalue weighted by atomic mass is 10.2. The quantitative estimate of drug-likeness (QED) is 0.849. The number of amides is 1. The molecule has 86 valence electrons. The maximum Gasteiger partial charge on any atom is 0.409 e. The molecule has 1 unspecified atom stereocenters. The van der Waals surface area contributed by atoms with Gasteiger partial charge >= 0.3 is 6.09 Å². The molecule has 1 saturated heterocycles. The van der Waals surface area contributed by atoms with Gasteiger partial charge in [0.15, 0.2) is 0 Å². The molecule has 0 spiro atoms. The number of hydrogen-bond acceptors (Lipinski definition) is 3. The Kier molecular flexibility index (Phi) is 3.77. The number of hydrogen-bond donors (Lipinski definition) is 1. The van der Waals surface area contributed by atoms with Crippen molar-refractivity contribution in [3.05, 3.63) is 35.9 Å². The normalized spacial score (nSPS) is 19.4. The van der Waals surface area contributed by atoms with E-state index in [9.17, 15) is 4.79 Å². The first-order valence-electron chi connectivity index (χ1n) is 5.43. The summed E-state index contributed by atoms with van der Waals surface area (Å²) in [4.78, 5) is 11.4. The van der Waals surface area contributed by atoms with Crippen LogP contribution < -0.4 is 5.32 Å². The Morgan fingerprint density at radius 1 is 1.44 bits per heavy atom. The van der Waals surface area contributed by atoms with E-state index in [0.717, 1.165) is 18.4 Å². The van der Waals surface area contributed by atoms with Crippen molar-refractivity contribution >= 4 is 6.09 Å². The second kappa shape index (κ2) is 5.51. The Morgan fingerprint density at radius 2 is 2.25 bits per heavy atom. The average Bonchev–Trinajstić information content (AvgIpc) is 2.81. The van der Waals surface area contributed by atoms with Gasteiger partial charge < -0.3 is 9.47 Å². The van der Waals surface area contributed by atoms with Crippen LogP contribution in [0.1, 0.15) is 18.4 Å². The molecule has 1 aromatic carbocycles. The van der Waals surface area contributed by atoms with Crippen molar-refractivity contribution in [1.82, 2.24) is 5.32 Å². The molecule has 0 aliphatic carbocycles. The highest BCUT2D eigenvalue weighted by Gasteiger charge is 2.17. The Labute approximate surface area is 94.6 Å². The molecular weight excluding hydrogens is 206 g/mol. The van der Waals surface area contributed by atoms with Gasteiger partial charge in [-0.25, -0.2) is 4.79 Å². The predicted molar refractivity (Wildman–Crippen MR) is 58.7 cm³/mol. The largest absolute Gasteiger partial charge is 0.445 e. The molecule has 1 amide bonds. The van der Waals surface area contributed by atoms with Gasteiger partial charge in [-0.3, -0.25) is 5.32 Å². The van der Waals surface area contributed by atoms with Crippen molar-refractivity contribution in [2.24, 2.45) is 0 Å². The SMILES string of the molecule is O=C(NC1CCCO1)OCc1ccccc1. The van der Waals surface area contributed by atoms with Crippen LogP contribution in [-0.2, 0) is 16.1 Å². The maximum atomic E-state index is 11.4. The van der Waals surface area contributed by atoms with E-state index in [0.29, 0.717) is 13.2 Å². The topological polar surface area (TPSA) is 47.6 Å². The Hall–Kier alpha value is -1.55. The molecular formula is C12H15NO3. The van der Waals surface area contributed by atoms with Gasteiger partial charge in [-0.1, -0.05) is 30.3 Å². The maximum absolute atomic E-state index is 11.4. The summed E-state index contributed by atoms with van der Waals surface area (Å²) in [6.45, 7) is 1.00. The fourth-order valence-electron chi connectivity index (χ4n) is 1.59. The zero-order chi connectivity index (χ0) is 11.2. The van der Waals surface area contributed by atoms with E-state index < -0.39 is 6.09 Å². The number of nitrogens with one attached hydrogen (secondary N) is 1. The predicted octanol–water partition coefficient (Wildman–Crippen LogP) is 2.05. The minimum absolute atomic E-state index is 0.178. The molecule has 0 aromatic heterocycles. The molecule has 1 aliphatic heterocycles. The second-order valence-corrected chi connectivity index (χ2v) is 3.71. The van der Waals surface area contributed by atoms with Crippen LogP contribution in [0.5, 0.6) is 0 Å². The van der Waals surface area contributed by atoms with E-state index in [1.165, 1.54) is 0 Å². The third kappa shape index (κ3) is 3.24. The summed E-state index contributed by atoms with van der Waals surface area (Å²) in [7, 11) is 0. The van der Waals surface area contributed by atoms with Gasteiger partial charge in [-0.15, -0.1) is 0 Å². The van der Waals surface area contributed by atoms with Crippen molar-refractivity contribution in [3.8, 4) is 0 Å². The summed E-state index contributed by atoms with van der Waals surface area (Å²) in [6.07, 6.45) is 1.25. The minimum atomic E-state index is -0.421. The van der Waals surface area contributed by atoms with Gasteiger partial charge in [-0.05, 0) is 18.4 Å². The first-order valence-corrected chi connectivity index (χ1v) is 5.43. The Morgan fingerprint density at radius 3 is 2.94 bits per heavy atom. The van der Waals surface area contributed by atoms with Crippen molar-refractivity contribution in [1.29, 1.82) is 0 Å². The number of ether oxygens (including phenoxy) is 2. The molecule has 4 nitrogen and oxygen atoms in total. The highest BCUT2D eigenvalue weighted by atomic mass is 16.6. The van der Waals surface area contributed by atoms with E-state index in [4.69, 9.17) is 9.47 Å². The highest BCUT2D eigenvalue weighted by Crippen LogP contribution is 2.09. The Bertz CT molecular complexity index is 333. The summed E-state index contributed by atoms with van der Waals surface area (Å²) in [5, 5.41) is 2.67. The van der Waals surface area contributed by atoms with Crippen molar-refractivity contribution < 1.29 is 14.3 Å². The van der Waals surface area contributed by atoms with Crippen LogP contribution in [0.15, 0.2) is 30.3 Å². The van der Waals surface area contributed by atoms with Crippen LogP contribution >= 0.6 is 0 Å². The van der Waals surface area contributed by atoms with Crippen LogP contribution in [0.25, 0.3) is 0 Å². The van der Waals surface area contributed by atoms with E-state index in [-0.39, 0.29) is 6.23 Å². The zero-order valence-electron chi connectivity index (χ0n) is 9.02. The molecule has 1 N–H and O–H groups in total. The third-order valence-electron chi connectivity index (χ3n) is 2.42. The van der Waals surface area contributed by atoms with Gasteiger partial charge in [0.1, 0.15) is 12.8 Å². The van der Waals surface area contributed by atoms with Gasteiger partial charge in [0.25, 0.3) is 0 Å². The third-order valence-corrected chi connectivity index (χ3v) is 2.42. The fraction of sp³-hybridized carbons (Fsp3) is 0.417. The number of benzene rings is 1. The van der Waals surface area contributed by atoms with Gasteiger partial charge in [-0.2, -0.15) is 0 Å². The number of carbonyl (C=O) groups excluding carboxylic acids is 1. The van der Waals surface area contributed by atoms with Gasteiger partial charge in [0, 0.05) is 6.61 Å². The summed E-state index contributed by atoms with van der Waals surface area (Å²) < 4.78 is 10.3. The molecule has 4 heteroatoms. The monoisotopic (exact) mass is 221 g/mol. The first kappa shape index (κ1) is 11.0. The summed E-state index contributed by atoms with van der Waals surface area (Å²) >= 11 is 0. The molecule has 1 fully saturated rings. The molecule has 2 rings (SSSR count). The number of carbonyl (C=O) groups is 1. The molecule has 1 aromatic rings. The average molecular weight is 221 g/mol. The van der Waals surface area contributed by atoms with Crippen molar-refractivity contribution in [3.63, 3.8) is 0 Å².